The first-order chi connectivity index (χ1) is 10.0. The lowest BCUT2D eigenvalue weighted by Crippen LogP contribution is -2.38. The highest BCUT2D eigenvalue weighted by molar-refractivity contribution is 5.31. The molecular formula is C16H27N3O2. The number of hydrogen-bond donors (Lipinski definition) is 2. The van der Waals surface area contributed by atoms with Crippen molar-refractivity contribution in [2.75, 3.05) is 11.9 Å². The highest BCUT2D eigenvalue weighted by Crippen LogP contribution is 2.26. The molecule has 1 saturated carbocycles. The molecule has 0 radical (unpaired) electrons. The van der Waals surface area contributed by atoms with Gasteiger partial charge in [0.2, 0.25) is 0 Å². The fourth-order valence-corrected chi connectivity index (χ4v) is 2.92. The van der Waals surface area contributed by atoms with Crippen LogP contribution in [0.25, 0.3) is 0 Å². The first-order valence-corrected chi connectivity index (χ1v) is 8.02. The van der Waals surface area contributed by atoms with Crippen LogP contribution in [0.2, 0.25) is 0 Å². The third kappa shape index (κ3) is 4.56. The number of rotatable bonds is 5. The molecule has 2 N–H and O–H groups in total. The lowest BCUT2D eigenvalue weighted by Gasteiger charge is -2.27. The summed E-state index contributed by atoms with van der Waals surface area (Å²) in [6.45, 7) is 5.24. The van der Waals surface area contributed by atoms with Crippen LogP contribution in [0, 0.1) is 5.92 Å². The number of nitrogens with one attached hydrogen (secondary N) is 1. The van der Waals surface area contributed by atoms with Gasteiger partial charge in [-0.15, -0.1) is 0 Å². The molecule has 0 unspecified atom stereocenters. The van der Waals surface area contributed by atoms with Gasteiger partial charge in [-0.2, -0.15) is 0 Å². The molecule has 0 saturated heterocycles. The molecule has 1 aromatic rings. The molecule has 0 spiro atoms. The third-order valence-electron chi connectivity index (χ3n) is 4.09. The van der Waals surface area contributed by atoms with Gasteiger partial charge in [-0.3, -0.25) is 4.79 Å². The van der Waals surface area contributed by atoms with Gasteiger partial charge in [-0.05, 0) is 18.8 Å². The molecule has 1 aromatic heterocycles. The normalized spacial score (nSPS) is 18.5. The minimum absolute atomic E-state index is 0.108. The van der Waals surface area contributed by atoms with Gasteiger partial charge in [-0.1, -0.05) is 39.5 Å². The van der Waals surface area contributed by atoms with Crippen LogP contribution < -0.4 is 10.9 Å². The summed E-state index contributed by atoms with van der Waals surface area (Å²) in [5.74, 6) is 0.750. The van der Waals surface area contributed by atoms with Gasteiger partial charge in [0, 0.05) is 25.5 Å². The molecule has 21 heavy (non-hydrogen) atoms. The average molecular weight is 293 g/mol. The quantitative estimate of drug-likeness (QED) is 0.818. The van der Waals surface area contributed by atoms with Crippen molar-refractivity contribution in [3.05, 3.63) is 22.7 Å². The Labute approximate surface area is 126 Å². The average Bonchev–Trinajstić information content (AvgIpc) is 2.65. The zero-order valence-electron chi connectivity index (χ0n) is 13.1. The molecule has 0 amide bonds. The summed E-state index contributed by atoms with van der Waals surface area (Å²) in [6, 6.07) is 0. The molecule has 1 aliphatic carbocycles. The van der Waals surface area contributed by atoms with E-state index in [0.29, 0.717) is 24.8 Å². The van der Waals surface area contributed by atoms with E-state index in [-0.39, 0.29) is 5.56 Å². The maximum atomic E-state index is 12.3. The van der Waals surface area contributed by atoms with E-state index in [1.54, 1.807) is 17.0 Å². The number of nitrogens with zero attached hydrogens (tertiary/aromatic N) is 2. The van der Waals surface area contributed by atoms with Crippen molar-refractivity contribution in [2.24, 2.45) is 5.92 Å². The molecule has 0 aromatic carbocycles. The maximum absolute atomic E-state index is 12.3. The van der Waals surface area contributed by atoms with Gasteiger partial charge in [0.05, 0.1) is 5.60 Å². The Morgan fingerprint density at radius 1 is 1.33 bits per heavy atom. The molecule has 1 aliphatic rings. The lowest BCUT2D eigenvalue weighted by atomic mass is 9.94. The zero-order chi connectivity index (χ0) is 15.3. The van der Waals surface area contributed by atoms with Gasteiger partial charge in [0.15, 0.2) is 5.82 Å². The second-order valence-corrected chi connectivity index (χ2v) is 6.62. The van der Waals surface area contributed by atoms with E-state index < -0.39 is 5.60 Å². The summed E-state index contributed by atoms with van der Waals surface area (Å²) in [5, 5.41) is 13.7. The van der Waals surface area contributed by atoms with Crippen LogP contribution in [-0.2, 0) is 6.54 Å². The molecule has 5 nitrogen and oxygen atoms in total. The van der Waals surface area contributed by atoms with Crippen LogP contribution in [0.5, 0.6) is 0 Å². The van der Waals surface area contributed by atoms with Crippen LogP contribution >= 0.6 is 0 Å². The van der Waals surface area contributed by atoms with Crippen LogP contribution in [0.4, 0.5) is 5.82 Å². The predicted molar refractivity (Wildman–Crippen MR) is 84.5 cm³/mol. The van der Waals surface area contributed by atoms with E-state index >= 15 is 0 Å². The highest BCUT2D eigenvalue weighted by atomic mass is 16.3. The Morgan fingerprint density at radius 2 is 2.00 bits per heavy atom. The first kappa shape index (κ1) is 16.0. The van der Waals surface area contributed by atoms with E-state index in [1.165, 1.54) is 12.8 Å². The Bertz CT molecular complexity index is 502. The van der Waals surface area contributed by atoms with Crippen LogP contribution in [0.3, 0.4) is 0 Å². The van der Waals surface area contributed by atoms with Crippen molar-refractivity contribution in [3.63, 3.8) is 0 Å². The number of aromatic nitrogens is 2. The molecule has 0 atom stereocenters. The second-order valence-electron chi connectivity index (χ2n) is 6.62. The summed E-state index contributed by atoms with van der Waals surface area (Å²) in [5.41, 5.74) is -0.813. The molecule has 0 aliphatic heterocycles. The Balaban J connectivity index is 2.04. The van der Waals surface area contributed by atoms with Crippen LogP contribution in [-0.4, -0.2) is 26.8 Å². The Hall–Kier alpha value is -1.36. The highest BCUT2D eigenvalue weighted by Gasteiger charge is 2.28. The van der Waals surface area contributed by atoms with Crippen LogP contribution in [0.1, 0.15) is 52.4 Å². The monoisotopic (exact) mass is 293 g/mol. The first-order valence-electron chi connectivity index (χ1n) is 8.02. The van der Waals surface area contributed by atoms with Gasteiger partial charge >= 0.3 is 0 Å². The topological polar surface area (TPSA) is 67.2 Å². The molecule has 2 rings (SSSR count). The van der Waals surface area contributed by atoms with E-state index in [0.717, 1.165) is 25.7 Å². The largest absolute Gasteiger partial charge is 0.388 e. The van der Waals surface area contributed by atoms with Crippen molar-refractivity contribution in [2.45, 2.75) is 64.5 Å². The fraction of sp³-hybridized carbons (Fsp3) is 0.750. The second kappa shape index (κ2) is 7.07. The molecule has 1 fully saturated rings. The maximum Gasteiger partial charge on any atom is 0.293 e. The minimum atomic E-state index is -0.705. The Kier molecular flexibility index (Phi) is 5.39. The van der Waals surface area contributed by atoms with Gasteiger partial charge in [0.1, 0.15) is 0 Å². The summed E-state index contributed by atoms with van der Waals surface area (Å²) >= 11 is 0. The molecule has 5 heteroatoms. The van der Waals surface area contributed by atoms with Crippen molar-refractivity contribution < 1.29 is 5.11 Å². The van der Waals surface area contributed by atoms with Gasteiger partial charge in [0.25, 0.3) is 5.56 Å². The van der Waals surface area contributed by atoms with E-state index in [2.05, 4.69) is 24.1 Å². The van der Waals surface area contributed by atoms with Crippen molar-refractivity contribution >= 4 is 5.82 Å². The third-order valence-corrected chi connectivity index (χ3v) is 4.09. The van der Waals surface area contributed by atoms with E-state index in [4.69, 9.17) is 0 Å². The van der Waals surface area contributed by atoms with Crippen molar-refractivity contribution in [1.29, 1.82) is 0 Å². The standard InChI is InChI=1S/C16H27N3O2/c1-13(2)11-19-10-9-17-14(15(19)20)18-12-16(21)7-5-3-4-6-8-16/h9-10,13,21H,3-8,11-12H2,1-2H3,(H,17,18). The SMILES string of the molecule is CC(C)Cn1ccnc(NCC2(O)CCCCCC2)c1=O. The Morgan fingerprint density at radius 3 is 2.62 bits per heavy atom. The van der Waals surface area contributed by atoms with Crippen LogP contribution in [0.15, 0.2) is 17.2 Å². The van der Waals surface area contributed by atoms with E-state index in [1.807, 2.05) is 0 Å². The molecule has 1 heterocycles. The van der Waals surface area contributed by atoms with Gasteiger partial charge < -0.3 is 15.0 Å². The number of anilines is 1. The number of aliphatic hydroxyl groups is 1. The van der Waals surface area contributed by atoms with Crippen molar-refractivity contribution in [1.82, 2.24) is 9.55 Å². The molecule has 0 bridgehead atoms. The number of hydrogen-bond acceptors (Lipinski definition) is 4. The summed E-state index contributed by atoms with van der Waals surface area (Å²) in [4.78, 5) is 16.4. The smallest absolute Gasteiger partial charge is 0.293 e. The lowest BCUT2D eigenvalue weighted by molar-refractivity contribution is 0.0380. The predicted octanol–water partition coefficient (Wildman–Crippen LogP) is 2.40. The fourth-order valence-electron chi connectivity index (χ4n) is 2.92. The molecule has 118 valence electrons. The molecular weight excluding hydrogens is 266 g/mol. The minimum Gasteiger partial charge on any atom is -0.388 e. The summed E-state index contributed by atoms with van der Waals surface area (Å²) in [7, 11) is 0. The van der Waals surface area contributed by atoms with E-state index in [9.17, 15) is 9.90 Å². The zero-order valence-corrected chi connectivity index (χ0v) is 13.1. The summed E-state index contributed by atoms with van der Waals surface area (Å²) < 4.78 is 1.68. The van der Waals surface area contributed by atoms with Crippen molar-refractivity contribution in [3.8, 4) is 0 Å². The van der Waals surface area contributed by atoms with Gasteiger partial charge in [-0.25, -0.2) is 4.98 Å². The summed E-state index contributed by atoms with van der Waals surface area (Å²) in [6.07, 6.45) is 9.44.